The highest BCUT2D eigenvalue weighted by Crippen LogP contribution is 2.51. The molecule has 3 aliphatic rings. The Morgan fingerprint density at radius 2 is 1.82 bits per heavy atom. The number of nitrogens with two attached hydrogens (primary N) is 1. The first-order valence-corrected chi connectivity index (χ1v) is 12.9. The van der Waals surface area contributed by atoms with Crippen molar-refractivity contribution in [2.75, 3.05) is 21.2 Å². The van der Waals surface area contributed by atoms with E-state index in [9.17, 15) is 34.2 Å². The highest BCUT2D eigenvalue weighted by Gasteiger charge is 2.69. The molecule has 10 heteroatoms. The van der Waals surface area contributed by atoms with Crippen LogP contribution in [-0.4, -0.2) is 77.0 Å². The summed E-state index contributed by atoms with van der Waals surface area (Å²) in [5.41, 5.74) is 4.60. The van der Waals surface area contributed by atoms with E-state index in [-0.39, 0.29) is 24.2 Å². The maximum absolute atomic E-state index is 13.9. The number of rotatable bonds is 5. The Morgan fingerprint density at radius 3 is 2.48 bits per heavy atom. The Kier molecular flexibility index (Phi) is 6.71. The van der Waals surface area contributed by atoms with E-state index in [1.165, 1.54) is 11.0 Å². The summed E-state index contributed by atoms with van der Waals surface area (Å²) in [5, 5.41) is 22.3. The van der Waals surface area contributed by atoms with Crippen LogP contribution >= 0.6 is 0 Å². The van der Waals surface area contributed by atoms with Crippen molar-refractivity contribution in [1.29, 1.82) is 0 Å². The number of primary amides is 1. The van der Waals surface area contributed by atoms with Crippen LogP contribution in [0.5, 0.6) is 11.5 Å². The number of ether oxygens (including phenoxy) is 1. The third kappa shape index (κ3) is 3.98. The van der Waals surface area contributed by atoms with Crippen molar-refractivity contribution in [2.45, 2.75) is 24.5 Å². The molecule has 4 N–H and O–H groups in total. The quantitative estimate of drug-likeness (QED) is 0.367. The Labute approximate surface area is 230 Å². The van der Waals surface area contributed by atoms with E-state index in [0.717, 1.165) is 5.56 Å². The van der Waals surface area contributed by atoms with Crippen LogP contribution in [0.25, 0.3) is 12.2 Å². The van der Waals surface area contributed by atoms with Gasteiger partial charge in [-0.25, -0.2) is 0 Å². The van der Waals surface area contributed by atoms with E-state index in [4.69, 9.17) is 10.5 Å². The van der Waals surface area contributed by atoms with Crippen LogP contribution in [0.1, 0.15) is 33.5 Å². The van der Waals surface area contributed by atoms with Gasteiger partial charge in [0.25, 0.3) is 0 Å². The fraction of sp³-hybridized carbons (Fsp3) is 0.367. The predicted molar refractivity (Wildman–Crippen MR) is 143 cm³/mol. The first-order chi connectivity index (χ1) is 18.9. The lowest BCUT2D eigenvalue weighted by Gasteiger charge is -2.52. The van der Waals surface area contributed by atoms with E-state index in [0.29, 0.717) is 16.9 Å². The Morgan fingerprint density at radius 1 is 1.10 bits per heavy atom. The monoisotopic (exact) mass is 546 g/mol. The maximum Gasteiger partial charge on any atom is 0.235 e. The highest BCUT2D eigenvalue weighted by atomic mass is 16.5. The number of carbonyl (C=O) groups is 5. The molecule has 2 fully saturated rings. The lowest BCUT2D eigenvalue weighted by atomic mass is 9.52. The fourth-order valence-electron chi connectivity index (χ4n) is 6.72. The van der Waals surface area contributed by atoms with Gasteiger partial charge in [0.15, 0.2) is 34.7 Å². The van der Waals surface area contributed by atoms with Gasteiger partial charge in [-0.1, -0.05) is 30.4 Å². The first kappa shape index (κ1) is 27.4. The van der Waals surface area contributed by atoms with Gasteiger partial charge in [-0.05, 0) is 67.7 Å². The molecule has 0 saturated heterocycles. The number of phenolic OH excluding ortho intramolecular Hbond substituents is 1. The van der Waals surface area contributed by atoms with Crippen LogP contribution in [-0.2, 0) is 25.6 Å². The number of amides is 1. The molecular formula is C30H30N2O8. The summed E-state index contributed by atoms with van der Waals surface area (Å²) in [6, 6.07) is 9.26. The van der Waals surface area contributed by atoms with Crippen molar-refractivity contribution in [3.05, 3.63) is 58.7 Å². The van der Waals surface area contributed by atoms with Crippen molar-refractivity contribution in [3.63, 3.8) is 0 Å². The molecule has 3 aliphatic carbocycles. The van der Waals surface area contributed by atoms with E-state index in [1.807, 2.05) is 30.3 Å². The molecule has 0 bridgehead atoms. The van der Waals surface area contributed by atoms with Gasteiger partial charge in [0.2, 0.25) is 5.91 Å². The second-order valence-electron chi connectivity index (χ2n) is 10.9. The summed E-state index contributed by atoms with van der Waals surface area (Å²) in [7, 11) is 4.67. The largest absolute Gasteiger partial charge is 0.507 e. The molecule has 2 saturated carbocycles. The van der Waals surface area contributed by atoms with Crippen LogP contribution in [0.4, 0.5) is 0 Å². The van der Waals surface area contributed by atoms with Gasteiger partial charge in [0, 0.05) is 5.92 Å². The third-order valence-electron chi connectivity index (χ3n) is 8.53. The van der Waals surface area contributed by atoms with E-state index < -0.39 is 64.4 Å². The molecule has 0 aromatic heterocycles. The number of nitrogens with zero attached hydrogens (tertiary/aromatic N) is 1. The molecule has 0 radical (unpaired) electrons. The molecule has 40 heavy (non-hydrogen) atoms. The van der Waals surface area contributed by atoms with Gasteiger partial charge >= 0.3 is 0 Å². The van der Waals surface area contributed by atoms with Crippen LogP contribution in [0, 0.1) is 23.7 Å². The number of hydrogen-bond acceptors (Lipinski definition) is 9. The SMILES string of the molecule is COc1cccc(C=Cc2ccc(O)c3c2CC2CC4[C@H](N(C)C)C(=O)C(C(N)=O)C(=O)[C@@]4(O)C(=O)C2C3=O)c1. The summed E-state index contributed by atoms with van der Waals surface area (Å²) < 4.78 is 5.27. The number of benzene rings is 2. The molecule has 0 aliphatic heterocycles. The number of hydrogen-bond donors (Lipinski definition) is 3. The Bertz CT molecular complexity index is 1490. The molecule has 208 valence electrons. The zero-order valence-corrected chi connectivity index (χ0v) is 22.3. The lowest BCUT2D eigenvalue weighted by molar-refractivity contribution is -0.181. The van der Waals surface area contributed by atoms with Gasteiger partial charge in [-0.3, -0.25) is 28.9 Å². The standard InChI is InChI=1S/C30H30N2O8/c1-32(2)24-19-13-16-12-18-15(8-7-14-5-4-6-17(11-14)40-3)9-10-20(33)22(18)25(34)21(16)27(36)30(19,39)28(37)23(26(24)35)29(31)38/h4-11,16,19,21,23-24,33,39H,12-13H2,1-3H3,(H2,31,38)/t16?,19?,21?,23?,24-,30-/m0/s1. The second-order valence-corrected chi connectivity index (χ2v) is 10.9. The van der Waals surface area contributed by atoms with Gasteiger partial charge in [0.05, 0.1) is 24.6 Å². The van der Waals surface area contributed by atoms with Gasteiger partial charge < -0.3 is 20.7 Å². The van der Waals surface area contributed by atoms with Crippen LogP contribution in [0.3, 0.4) is 0 Å². The van der Waals surface area contributed by atoms with E-state index in [1.54, 1.807) is 33.3 Å². The summed E-state index contributed by atoms with van der Waals surface area (Å²) >= 11 is 0. The molecule has 4 unspecified atom stereocenters. The van der Waals surface area contributed by atoms with E-state index >= 15 is 0 Å². The molecule has 6 atom stereocenters. The number of ketones is 4. The van der Waals surface area contributed by atoms with E-state index in [2.05, 4.69) is 0 Å². The molecule has 0 spiro atoms. The number of aromatic hydroxyl groups is 1. The summed E-state index contributed by atoms with van der Waals surface area (Å²) in [6.07, 6.45) is 3.83. The number of methoxy groups -OCH3 is 1. The summed E-state index contributed by atoms with van der Waals surface area (Å²) in [5.74, 6) is -9.96. The van der Waals surface area contributed by atoms with Crippen molar-refractivity contribution < 1.29 is 38.9 Å². The zero-order valence-electron chi connectivity index (χ0n) is 22.3. The molecule has 0 heterocycles. The van der Waals surface area contributed by atoms with Crippen LogP contribution in [0.15, 0.2) is 36.4 Å². The van der Waals surface area contributed by atoms with Crippen LogP contribution in [0.2, 0.25) is 0 Å². The molecule has 2 aromatic carbocycles. The molecule has 10 nitrogen and oxygen atoms in total. The van der Waals surface area contributed by atoms with Gasteiger partial charge in [-0.2, -0.15) is 0 Å². The maximum atomic E-state index is 13.9. The minimum absolute atomic E-state index is 0.00140. The predicted octanol–water partition coefficient (Wildman–Crippen LogP) is 1.05. The highest BCUT2D eigenvalue weighted by molar-refractivity contribution is 6.32. The first-order valence-electron chi connectivity index (χ1n) is 12.9. The average Bonchev–Trinajstić information content (AvgIpc) is 2.90. The average molecular weight is 547 g/mol. The number of Topliss-reactive ketones (excluding diaryl/α,β-unsaturated/α-hetero) is 4. The summed E-state index contributed by atoms with van der Waals surface area (Å²) in [4.78, 5) is 67.8. The smallest absolute Gasteiger partial charge is 0.235 e. The topological polar surface area (TPSA) is 164 Å². The zero-order chi connectivity index (χ0) is 29.1. The lowest BCUT2D eigenvalue weighted by Crippen LogP contribution is -2.74. The van der Waals surface area contributed by atoms with Crippen LogP contribution < -0.4 is 10.5 Å². The number of carbonyl (C=O) groups excluding carboxylic acids is 5. The number of aliphatic hydroxyl groups is 1. The minimum Gasteiger partial charge on any atom is -0.507 e. The van der Waals surface area contributed by atoms with Crippen molar-refractivity contribution >= 4 is 41.2 Å². The van der Waals surface area contributed by atoms with Crippen molar-refractivity contribution in [2.24, 2.45) is 29.4 Å². The normalized spacial score (nSPS) is 29.8. The molecule has 2 aromatic rings. The molecule has 5 rings (SSSR count). The number of likely N-dealkylation sites (N-methyl/N-ethyl adjacent to an activating group) is 1. The van der Waals surface area contributed by atoms with Gasteiger partial charge in [-0.15, -0.1) is 0 Å². The number of fused-ring (bicyclic) bond motifs is 3. The molecular weight excluding hydrogens is 516 g/mol. The van der Waals surface area contributed by atoms with Crippen molar-refractivity contribution in [1.82, 2.24) is 4.90 Å². The Hall–Kier alpha value is -4.15. The third-order valence-corrected chi connectivity index (χ3v) is 8.53. The molecule has 1 amide bonds. The fourth-order valence-corrected chi connectivity index (χ4v) is 6.72. The van der Waals surface area contributed by atoms with Gasteiger partial charge in [0.1, 0.15) is 11.5 Å². The number of phenols is 1. The minimum atomic E-state index is -2.74. The van der Waals surface area contributed by atoms with Crippen molar-refractivity contribution in [3.8, 4) is 11.5 Å². The Balaban J connectivity index is 1.59. The second kappa shape index (κ2) is 9.79. The summed E-state index contributed by atoms with van der Waals surface area (Å²) in [6.45, 7) is 0.